The third-order valence-electron chi connectivity index (χ3n) is 5.04. The standard InChI is InChI=1S/C18H18N2O2/c1-3-13-12-9-15(19(2)18(13)22)16-8-11-6-4-5-7-14(11)20(16)17(21)10-12/h3-8,12,15H,9-10H2,1-2H3/b13-3+/t12-,15+/m1/s1. The lowest BCUT2D eigenvalue weighted by molar-refractivity contribution is -0.131. The largest absolute Gasteiger partial charge is 0.333 e. The lowest BCUT2D eigenvalue weighted by atomic mass is 9.83. The highest BCUT2D eigenvalue weighted by atomic mass is 16.2. The zero-order valence-corrected chi connectivity index (χ0v) is 12.7. The van der Waals surface area contributed by atoms with E-state index < -0.39 is 0 Å². The van der Waals surface area contributed by atoms with Gasteiger partial charge in [0, 0.05) is 36.0 Å². The van der Waals surface area contributed by atoms with E-state index in [4.69, 9.17) is 0 Å². The van der Waals surface area contributed by atoms with Gasteiger partial charge in [-0.25, -0.2) is 0 Å². The number of carbonyl (C=O) groups is 2. The zero-order chi connectivity index (χ0) is 15.4. The molecule has 0 unspecified atom stereocenters. The monoisotopic (exact) mass is 294 g/mol. The molecule has 0 spiro atoms. The van der Waals surface area contributed by atoms with Crippen LogP contribution >= 0.6 is 0 Å². The van der Waals surface area contributed by atoms with Crippen LogP contribution in [0, 0.1) is 5.92 Å². The van der Waals surface area contributed by atoms with Crippen LogP contribution in [0.25, 0.3) is 10.9 Å². The van der Waals surface area contributed by atoms with Gasteiger partial charge in [0.1, 0.15) is 0 Å². The summed E-state index contributed by atoms with van der Waals surface area (Å²) in [6, 6.07) is 9.95. The summed E-state index contributed by atoms with van der Waals surface area (Å²) in [5.74, 6) is 0.172. The van der Waals surface area contributed by atoms with Crippen molar-refractivity contribution in [3.63, 3.8) is 0 Å². The van der Waals surface area contributed by atoms with Crippen LogP contribution in [0.2, 0.25) is 0 Å². The van der Waals surface area contributed by atoms with E-state index in [1.807, 2.05) is 48.9 Å². The van der Waals surface area contributed by atoms with E-state index in [0.717, 1.165) is 28.6 Å². The molecule has 4 heteroatoms. The molecule has 4 rings (SSSR count). The Morgan fingerprint density at radius 2 is 2.00 bits per heavy atom. The molecule has 112 valence electrons. The number of fused-ring (bicyclic) bond motifs is 6. The summed E-state index contributed by atoms with van der Waals surface area (Å²) >= 11 is 0. The molecular formula is C18H18N2O2. The Morgan fingerprint density at radius 1 is 1.23 bits per heavy atom. The van der Waals surface area contributed by atoms with Crippen molar-refractivity contribution in [3.8, 4) is 0 Å². The first-order valence-corrected chi connectivity index (χ1v) is 7.68. The number of benzene rings is 1. The third-order valence-corrected chi connectivity index (χ3v) is 5.04. The van der Waals surface area contributed by atoms with Crippen molar-refractivity contribution in [1.29, 1.82) is 0 Å². The summed E-state index contributed by atoms with van der Waals surface area (Å²) in [6.07, 6.45) is 3.09. The molecule has 0 N–H and O–H groups in total. The summed E-state index contributed by atoms with van der Waals surface area (Å²) in [4.78, 5) is 27.2. The number of amides is 1. The Morgan fingerprint density at radius 3 is 2.77 bits per heavy atom. The van der Waals surface area contributed by atoms with Gasteiger partial charge in [-0.15, -0.1) is 0 Å². The van der Waals surface area contributed by atoms with E-state index >= 15 is 0 Å². The minimum Gasteiger partial charge on any atom is -0.333 e. The molecule has 2 aliphatic rings. The SMILES string of the molecule is C/C=C1/C(=O)N(C)[C@H]2C[C@@H]1CC(=O)n1c2cc2ccccc21. The number of carbonyl (C=O) groups excluding carboxylic acids is 2. The Kier molecular flexibility index (Phi) is 2.76. The highest BCUT2D eigenvalue weighted by Crippen LogP contribution is 2.42. The lowest BCUT2D eigenvalue weighted by Crippen LogP contribution is -2.39. The molecule has 22 heavy (non-hydrogen) atoms. The second kappa shape index (κ2) is 4.57. The van der Waals surface area contributed by atoms with Crippen molar-refractivity contribution in [3.05, 3.63) is 47.7 Å². The highest BCUT2D eigenvalue weighted by molar-refractivity contribution is 5.99. The molecule has 1 amide bonds. The molecule has 2 bridgehead atoms. The number of hydrogen-bond acceptors (Lipinski definition) is 2. The van der Waals surface area contributed by atoms with Crippen LogP contribution in [0.3, 0.4) is 0 Å². The summed E-state index contributed by atoms with van der Waals surface area (Å²) in [5.41, 5.74) is 2.67. The molecule has 1 saturated heterocycles. The Bertz CT molecular complexity index is 831. The molecule has 1 fully saturated rings. The zero-order valence-electron chi connectivity index (χ0n) is 12.7. The number of piperidine rings is 1. The van der Waals surface area contributed by atoms with Crippen LogP contribution in [-0.4, -0.2) is 28.3 Å². The lowest BCUT2D eigenvalue weighted by Gasteiger charge is -2.36. The Hall–Kier alpha value is -2.36. The van der Waals surface area contributed by atoms with Gasteiger partial charge in [0.05, 0.1) is 11.6 Å². The Labute approximate surface area is 129 Å². The third kappa shape index (κ3) is 1.64. The molecule has 2 aliphatic heterocycles. The Balaban J connectivity index is 1.97. The van der Waals surface area contributed by atoms with Gasteiger partial charge >= 0.3 is 0 Å². The second-order valence-corrected chi connectivity index (χ2v) is 6.17. The quantitative estimate of drug-likeness (QED) is 0.700. The van der Waals surface area contributed by atoms with E-state index in [2.05, 4.69) is 6.07 Å². The van der Waals surface area contributed by atoms with Gasteiger partial charge in [-0.05, 0) is 25.5 Å². The summed E-state index contributed by atoms with van der Waals surface area (Å²) in [7, 11) is 1.84. The average molecular weight is 294 g/mol. The molecule has 4 nitrogen and oxygen atoms in total. The van der Waals surface area contributed by atoms with Gasteiger partial charge in [0.15, 0.2) is 0 Å². The van der Waals surface area contributed by atoms with E-state index in [0.29, 0.717) is 6.42 Å². The molecule has 2 aromatic rings. The number of allylic oxidation sites excluding steroid dienone is 1. The van der Waals surface area contributed by atoms with Gasteiger partial charge in [0.2, 0.25) is 11.8 Å². The molecular weight excluding hydrogens is 276 g/mol. The maximum atomic E-state index is 12.8. The van der Waals surface area contributed by atoms with Crippen LogP contribution in [0.5, 0.6) is 0 Å². The first-order valence-electron chi connectivity index (χ1n) is 7.68. The maximum Gasteiger partial charge on any atom is 0.250 e. The van der Waals surface area contributed by atoms with E-state index in [1.165, 1.54) is 0 Å². The first kappa shape index (κ1) is 13.3. The van der Waals surface area contributed by atoms with Gasteiger partial charge in [-0.2, -0.15) is 0 Å². The number of nitrogens with zero attached hydrogens (tertiary/aromatic N) is 2. The van der Waals surface area contributed by atoms with Gasteiger partial charge in [-0.1, -0.05) is 24.3 Å². The predicted molar refractivity (Wildman–Crippen MR) is 84.6 cm³/mol. The van der Waals surface area contributed by atoms with E-state index in [-0.39, 0.29) is 23.8 Å². The average Bonchev–Trinajstić information content (AvgIpc) is 2.84. The smallest absolute Gasteiger partial charge is 0.250 e. The number of likely N-dealkylation sites (tertiary alicyclic amines) is 1. The number of para-hydroxylation sites is 1. The molecule has 2 atom stereocenters. The number of rotatable bonds is 0. The fourth-order valence-corrected chi connectivity index (χ4v) is 3.95. The fraction of sp³-hybridized carbons (Fsp3) is 0.333. The molecule has 1 aromatic heterocycles. The van der Waals surface area contributed by atoms with Crippen molar-refractivity contribution < 1.29 is 9.59 Å². The van der Waals surface area contributed by atoms with Crippen molar-refractivity contribution >= 4 is 22.7 Å². The topological polar surface area (TPSA) is 42.3 Å². The molecule has 0 aliphatic carbocycles. The van der Waals surface area contributed by atoms with Crippen LogP contribution in [0.1, 0.15) is 36.3 Å². The summed E-state index contributed by atoms with van der Waals surface area (Å²) in [6.45, 7) is 1.88. The number of hydrogen-bond donors (Lipinski definition) is 0. The second-order valence-electron chi connectivity index (χ2n) is 6.17. The minimum atomic E-state index is -0.0277. The van der Waals surface area contributed by atoms with E-state index in [9.17, 15) is 9.59 Å². The van der Waals surface area contributed by atoms with Crippen LogP contribution in [0.15, 0.2) is 42.0 Å². The van der Waals surface area contributed by atoms with E-state index in [1.54, 1.807) is 4.90 Å². The predicted octanol–water partition coefficient (Wildman–Crippen LogP) is 3.15. The van der Waals surface area contributed by atoms with Crippen molar-refractivity contribution in [2.45, 2.75) is 25.8 Å². The molecule has 1 aromatic carbocycles. The van der Waals surface area contributed by atoms with Crippen LogP contribution in [0.4, 0.5) is 0 Å². The highest BCUT2D eigenvalue weighted by Gasteiger charge is 2.41. The van der Waals surface area contributed by atoms with Crippen LogP contribution < -0.4 is 0 Å². The molecule has 3 heterocycles. The van der Waals surface area contributed by atoms with Gasteiger partial charge in [0.25, 0.3) is 0 Å². The van der Waals surface area contributed by atoms with Crippen molar-refractivity contribution in [2.75, 3.05) is 7.05 Å². The minimum absolute atomic E-state index is 0.0277. The molecule has 0 saturated carbocycles. The van der Waals surface area contributed by atoms with Gasteiger partial charge in [-0.3, -0.25) is 14.2 Å². The maximum absolute atomic E-state index is 12.8. The van der Waals surface area contributed by atoms with Crippen molar-refractivity contribution in [1.82, 2.24) is 9.47 Å². The summed E-state index contributed by atoms with van der Waals surface area (Å²) < 4.78 is 1.82. The normalized spacial score (nSPS) is 26.5. The number of likely N-dealkylation sites (N-methyl/N-ethyl adjacent to an activating group) is 1. The summed E-state index contributed by atoms with van der Waals surface area (Å²) in [5, 5.41) is 1.06. The van der Waals surface area contributed by atoms with Crippen LogP contribution in [-0.2, 0) is 4.79 Å². The molecule has 0 radical (unpaired) electrons. The van der Waals surface area contributed by atoms with Crippen molar-refractivity contribution in [2.24, 2.45) is 5.92 Å². The van der Waals surface area contributed by atoms with Gasteiger partial charge < -0.3 is 4.90 Å². The first-order chi connectivity index (χ1) is 10.6. The fourth-order valence-electron chi connectivity index (χ4n) is 3.95. The number of aromatic nitrogens is 1.